The van der Waals surface area contributed by atoms with E-state index in [0.29, 0.717) is 6.54 Å². The van der Waals surface area contributed by atoms with Gasteiger partial charge >= 0.3 is 0 Å². The van der Waals surface area contributed by atoms with E-state index in [9.17, 15) is 4.39 Å². The molecule has 0 amide bonds. The highest BCUT2D eigenvalue weighted by molar-refractivity contribution is 5.33. The molecule has 2 rings (SSSR count). The quantitative estimate of drug-likeness (QED) is 0.731. The normalized spacial score (nSPS) is 10.6. The van der Waals surface area contributed by atoms with Crippen molar-refractivity contribution in [1.82, 2.24) is 5.32 Å². The van der Waals surface area contributed by atoms with Crippen molar-refractivity contribution in [3.63, 3.8) is 0 Å². The lowest BCUT2D eigenvalue weighted by molar-refractivity contribution is 0.305. The van der Waals surface area contributed by atoms with Crippen LogP contribution in [0.2, 0.25) is 0 Å². The highest BCUT2D eigenvalue weighted by atomic mass is 19.1. The Hall–Kier alpha value is -1.87. The number of benzene rings is 2. The minimum absolute atomic E-state index is 0.201. The molecule has 0 saturated heterocycles. The van der Waals surface area contributed by atoms with E-state index in [4.69, 9.17) is 4.74 Å². The number of halogens is 1. The topological polar surface area (TPSA) is 21.3 Å². The number of rotatable bonds is 8. The van der Waals surface area contributed by atoms with Gasteiger partial charge < -0.3 is 10.1 Å². The summed E-state index contributed by atoms with van der Waals surface area (Å²) < 4.78 is 18.6. The first-order valence-corrected chi connectivity index (χ1v) is 7.45. The Morgan fingerprint density at radius 1 is 1.00 bits per heavy atom. The van der Waals surface area contributed by atoms with Crippen LogP contribution in [0, 0.1) is 5.82 Å². The predicted molar refractivity (Wildman–Crippen MR) is 83.8 cm³/mol. The Morgan fingerprint density at radius 2 is 1.76 bits per heavy atom. The van der Waals surface area contributed by atoms with Crippen LogP contribution in [0.25, 0.3) is 0 Å². The third-order valence-electron chi connectivity index (χ3n) is 3.29. The summed E-state index contributed by atoms with van der Waals surface area (Å²) in [5.74, 6) is 0.742. The zero-order valence-electron chi connectivity index (χ0n) is 12.4. The monoisotopic (exact) mass is 287 g/mol. The van der Waals surface area contributed by atoms with Gasteiger partial charge in [-0.15, -0.1) is 0 Å². The summed E-state index contributed by atoms with van der Waals surface area (Å²) in [7, 11) is 0. The van der Waals surface area contributed by atoms with E-state index >= 15 is 0 Å². The standard InChI is InChI=1S/C18H22FNO/c1-2-3-12-21-18-7-5-4-6-16(18)14-20-13-15-8-10-17(19)11-9-15/h4-11,20H,2-3,12-14H2,1H3. The van der Waals surface area contributed by atoms with Crippen LogP contribution >= 0.6 is 0 Å². The molecule has 0 aliphatic heterocycles. The van der Waals surface area contributed by atoms with Gasteiger partial charge in [-0.3, -0.25) is 0 Å². The fraction of sp³-hybridized carbons (Fsp3) is 0.333. The van der Waals surface area contributed by atoms with Gasteiger partial charge in [0.15, 0.2) is 0 Å². The van der Waals surface area contributed by atoms with E-state index in [0.717, 1.165) is 42.9 Å². The lowest BCUT2D eigenvalue weighted by atomic mass is 10.2. The SMILES string of the molecule is CCCCOc1ccccc1CNCc1ccc(F)cc1. The average molecular weight is 287 g/mol. The molecule has 0 aliphatic rings. The highest BCUT2D eigenvalue weighted by Gasteiger charge is 2.02. The third kappa shape index (κ3) is 5.20. The Kier molecular flexibility index (Phi) is 6.22. The van der Waals surface area contributed by atoms with Gasteiger partial charge in [0.2, 0.25) is 0 Å². The smallest absolute Gasteiger partial charge is 0.123 e. The van der Waals surface area contributed by atoms with Crippen LogP contribution in [-0.2, 0) is 13.1 Å². The molecule has 0 saturated carbocycles. The summed E-state index contributed by atoms with van der Waals surface area (Å²) in [6, 6.07) is 14.6. The van der Waals surface area contributed by atoms with Crippen LogP contribution in [0.1, 0.15) is 30.9 Å². The van der Waals surface area contributed by atoms with E-state index < -0.39 is 0 Å². The second kappa shape index (κ2) is 8.42. The van der Waals surface area contributed by atoms with Crippen molar-refractivity contribution in [2.45, 2.75) is 32.9 Å². The van der Waals surface area contributed by atoms with Crippen molar-refractivity contribution in [1.29, 1.82) is 0 Å². The molecule has 0 atom stereocenters. The Morgan fingerprint density at radius 3 is 2.52 bits per heavy atom. The largest absolute Gasteiger partial charge is 0.493 e. The van der Waals surface area contributed by atoms with Crippen LogP contribution in [0.5, 0.6) is 5.75 Å². The second-order valence-electron chi connectivity index (χ2n) is 5.04. The maximum Gasteiger partial charge on any atom is 0.123 e. The molecule has 0 fully saturated rings. The Labute approximate surface area is 126 Å². The van der Waals surface area contributed by atoms with Crippen molar-refractivity contribution < 1.29 is 9.13 Å². The summed E-state index contributed by atoms with van der Waals surface area (Å²) in [6.07, 6.45) is 2.20. The van der Waals surface area contributed by atoms with Crippen LogP contribution in [-0.4, -0.2) is 6.61 Å². The van der Waals surface area contributed by atoms with Crippen LogP contribution in [0.3, 0.4) is 0 Å². The third-order valence-corrected chi connectivity index (χ3v) is 3.29. The van der Waals surface area contributed by atoms with Crippen molar-refractivity contribution >= 4 is 0 Å². The lowest BCUT2D eigenvalue weighted by Crippen LogP contribution is -2.13. The summed E-state index contributed by atoms with van der Waals surface area (Å²) in [5.41, 5.74) is 2.22. The molecular formula is C18H22FNO. The van der Waals surface area contributed by atoms with Crippen LogP contribution in [0.15, 0.2) is 48.5 Å². The van der Waals surface area contributed by atoms with Gasteiger partial charge in [-0.1, -0.05) is 43.7 Å². The highest BCUT2D eigenvalue weighted by Crippen LogP contribution is 2.18. The molecule has 2 nitrogen and oxygen atoms in total. The molecule has 112 valence electrons. The van der Waals surface area contributed by atoms with Gasteiger partial charge in [0, 0.05) is 18.7 Å². The first-order valence-electron chi connectivity index (χ1n) is 7.45. The van der Waals surface area contributed by atoms with Gasteiger partial charge in [-0.05, 0) is 30.2 Å². The fourth-order valence-corrected chi connectivity index (χ4v) is 2.06. The average Bonchev–Trinajstić information content (AvgIpc) is 2.51. The maximum absolute atomic E-state index is 12.8. The molecule has 0 bridgehead atoms. The zero-order chi connectivity index (χ0) is 14.9. The van der Waals surface area contributed by atoms with Crippen molar-refractivity contribution in [3.8, 4) is 5.75 Å². The maximum atomic E-state index is 12.8. The van der Waals surface area contributed by atoms with Gasteiger partial charge in [0.05, 0.1) is 6.61 Å². The predicted octanol–water partition coefficient (Wildman–Crippen LogP) is 4.29. The minimum atomic E-state index is -0.201. The molecule has 1 N–H and O–H groups in total. The van der Waals surface area contributed by atoms with Gasteiger partial charge in [0.25, 0.3) is 0 Å². The van der Waals surface area contributed by atoms with Gasteiger partial charge in [-0.2, -0.15) is 0 Å². The van der Waals surface area contributed by atoms with E-state index in [-0.39, 0.29) is 5.82 Å². The van der Waals surface area contributed by atoms with Crippen LogP contribution < -0.4 is 10.1 Å². The number of unbranched alkanes of at least 4 members (excludes halogenated alkanes) is 1. The second-order valence-corrected chi connectivity index (χ2v) is 5.04. The van der Waals surface area contributed by atoms with E-state index in [1.807, 2.05) is 18.2 Å². The van der Waals surface area contributed by atoms with Crippen molar-refractivity contribution in [3.05, 3.63) is 65.5 Å². The summed E-state index contributed by atoms with van der Waals surface area (Å²) >= 11 is 0. The molecule has 0 unspecified atom stereocenters. The zero-order valence-corrected chi connectivity index (χ0v) is 12.4. The first-order chi connectivity index (χ1) is 10.3. The van der Waals surface area contributed by atoms with Crippen molar-refractivity contribution in [2.24, 2.45) is 0 Å². The van der Waals surface area contributed by atoms with Crippen molar-refractivity contribution in [2.75, 3.05) is 6.61 Å². The molecule has 0 spiro atoms. The number of para-hydroxylation sites is 1. The molecule has 0 heterocycles. The number of ether oxygens (including phenoxy) is 1. The van der Waals surface area contributed by atoms with Gasteiger partial charge in [-0.25, -0.2) is 4.39 Å². The fourth-order valence-electron chi connectivity index (χ4n) is 2.06. The molecule has 21 heavy (non-hydrogen) atoms. The molecule has 0 aromatic heterocycles. The lowest BCUT2D eigenvalue weighted by Gasteiger charge is -2.12. The summed E-state index contributed by atoms with van der Waals surface area (Å²) in [6.45, 7) is 4.36. The Balaban J connectivity index is 1.86. The van der Waals surface area contributed by atoms with Crippen LogP contribution in [0.4, 0.5) is 4.39 Å². The molecule has 2 aromatic carbocycles. The van der Waals surface area contributed by atoms with E-state index in [1.54, 1.807) is 12.1 Å². The molecular weight excluding hydrogens is 265 g/mol. The number of nitrogens with one attached hydrogen (secondary N) is 1. The molecule has 0 aliphatic carbocycles. The number of hydrogen-bond acceptors (Lipinski definition) is 2. The van der Waals surface area contributed by atoms with Gasteiger partial charge in [0.1, 0.15) is 11.6 Å². The van der Waals surface area contributed by atoms with E-state index in [1.165, 1.54) is 12.1 Å². The minimum Gasteiger partial charge on any atom is -0.493 e. The molecule has 0 radical (unpaired) electrons. The van der Waals surface area contributed by atoms with E-state index in [2.05, 4.69) is 18.3 Å². The summed E-state index contributed by atoms with van der Waals surface area (Å²) in [4.78, 5) is 0. The molecule has 2 aromatic rings. The number of hydrogen-bond donors (Lipinski definition) is 1. The summed E-state index contributed by atoms with van der Waals surface area (Å²) in [5, 5.41) is 3.37. The first kappa shape index (κ1) is 15.5. The molecule has 3 heteroatoms. The Bertz CT molecular complexity index is 539.